The van der Waals surface area contributed by atoms with Gasteiger partial charge in [0.1, 0.15) is 6.04 Å². The maximum atomic E-state index is 11.8. The highest BCUT2D eigenvalue weighted by Crippen LogP contribution is 2.23. The van der Waals surface area contributed by atoms with Crippen LogP contribution in [0.1, 0.15) is 13.3 Å². The first-order valence-electron chi connectivity index (χ1n) is 5.85. The van der Waals surface area contributed by atoms with E-state index in [0.29, 0.717) is 13.1 Å². The molecular formula is C11H21N3O3. The van der Waals surface area contributed by atoms with E-state index in [1.54, 1.807) is 0 Å². The third-order valence-corrected chi connectivity index (χ3v) is 3.05. The van der Waals surface area contributed by atoms with Gasteiger partial charge in [-0.25, -0.2) is 9.59 Å². The molecule has 1 fully saturated rings. The maximum Gasteiger partial charge on any atom is 0.326 e. The lowest BCUT2D eigenvalue weighted by Crippen LogP contribution is -2.48. The van der Waals surface area contributed by atoms with Crippen molar-refractivity contribution in [3.8, 4) is 0 Å². The van der Waals surface area contributed by atoms with Gasteiger partial charge < -0.3 is 20.2 Å². The van der Waals surface area contributed by atoms with Crippen molar-refractivity contribution in [2.75, 3.05) is 33.7 Å². The Morgan fingerprint density at radius 1 is 1.47 bits per heavy atom. The van der Waals surface area contributed by atoms with Crippen LogP contribution < -0.4 is 5.32 Å². The Labute approximate surface area is 102 Å². The predicted molar refractivity (Wildman–Crippen MR) is 63.9 cm³/mol. The average molecular weight is 243 g/mol. The molecule has 17 heavy (non-hydrogen) atoms. The second-order valence-corrected chi connectivity index (χ2v) is 4.78. The van der Waals surface area contributed by atoms with Crippen LogP contribution in [0.5, 0.6) is 0 Å². The number of urea groups is 1. The summed E-state index contributed by atoms with van der Waals surface area (Å²) in [6.07, 6.45) is 0.748. The van der Waals surface area contributed by atoms with Crippen molar-refractivity contribution in [2.45, 2.75) is 19.4 Å². The number of aliphatic carboxylic acids is 1. The Balaban J connectivity index is 2.48. The van der Waals surface area contributed by atoms with Gasteiger partial charge in [-0.05, 0) is 26.4 Å². The number of likely N-dealkylation sites (tertiary alicyclic amines) is 1. The lowest BCUT2D eigenvalue weighted by Gasteiger charge is -2.24. The van der Waals surface area contributed by atoms with E-state index in [-0.39, 0.29) is 11.9 Å². The van der Waals surface area contributed by atoms with E-state index in [2.05, 4.69) is 5.32 Å². The minimum atomic E-state index is -0.919. The molecule has 2 amide bonds. The topological polar surface area (TPSA) is 72.9 Å². The van der Waals surface area contributed by atoms with Crippen LogP contribution >= 0.6 is 0 Å². The lowest BCUT2D eigenvalue weighted by molar-refractivity contribution is -0.142. The molecule has 6 nitrogen and oxygen atoms in total. The van der Waals surface area contributed by atoms with Crippen molar-refractivity contribution in [2.24, 2.45) is 5.92 Å². The van der Waals surface area contributed by atoms with Crippen molar-refractivity contribution < 1.29 is 14.7 Å². The molecule has 1 saturated heterocycles. The molecule has 2 unspecified atom stereocenters. The summed E-state index contributed by atoms with van der Waals surface area (Å²) in [5.41, 5.74) is 0. The van der Waals surface area contributed by atoms with Crippen LogP contribution in [0, 0.1) is 5.92 Å². The Morgan fingerprint density at radius 2 is 2.12 bits per heavy atom. The molecule has 0 saturated carbocycles. The zero-order valence-corrected chi connectivity index (χ0v) is 10.6. The molecule has 0 aromatic rings. The number of carboxylic acids is 1. The van der Waals surface area contributed by atoms with E-state index in [4.69, 9.17) is 5.11 Å². The van der Waals surface area contributed by atoms with Crippen molar-refractivity contribution in [3.63, 3.8) is 0 Å². The van der Waals surface area contributed by atoms with Gasteiger partial charge in [0.05, 0.1) is 0 Å². The Bertz CT molecular complexity index is 294. The second-order valence-electron chi connectivity index (χ2n) is 4.78. The molecule has 0 aromatic heterocycles. The number of carboxylic acid groups (broad SMARTS) is 1. The minimum absolute atomic E-state index is 0.0205. The molecule has 0 spiro atoms. The fourth-order valence-electron chi connectivity index (χ4n) is 2.04. The third kappa shape index (κ3) is 3.59. The van der Waals surface area contributed by atoms with E-state index in [9.17, 15) is 9.59 Å². The fourth-order valence-corrected chi connectivity index (χ4v) is 2.04. The zero-order valence-electron chi connectivity index (χ0n) is 10.6. The number of hydrogen-bond acceptors (Lipinski definition) is 3. The van der Waals surface area contributed by atoms with Gasteiger partial charge in [-0.3, -0.25) is 0 Å². The van der Waals surface area contributed by atoms with Crippen molar-refractivity contribution in [1.82, 2.24) is 15.1 Å². The van der Waals surface area contributed by atoms with E-state index in [0.717, 1.165) is 13.0 Å². The highest BCUT2D eigenvalue weighted by Gasteiger charge is 2.39. The van der Waals surface area contributed by atoms with Crippen LogP contribution in [0.2, 0.25) is 0 Å². The molecule has 6 heteroatoms. The van der Waals surface area contributed by atoms with Gasteiger partial charge in [-0.1, -0.05) is 6.92 Å². The van der Waals surface area contributed by atoms with E-state index >= 15 is 0 Å². The van der Waals surface area contributed by atoms with E-state index < -0.39 is 12.0 Å². The molecular weight excluding hydrogens is 222 g/mol. The lowest BCUT2D eigenvalue weighted by atomic mass is 10.0. The van der Waals surface area contributed by atoms with Crippen molar-refractivity contribution in [1.29, 1.82) is 0 Å². The van der Waals surface area contributed by atoms with Crippen LogP contribution in [0.25, 0.3) is 0 Å². The average Bonchev–Trinajstić information content (AvgIpc) is 2.59. The monoisotopic (exact) mass is 243 g/mol. The third-order valence-electron chi connectivity index (χ3n) is 3.05. The van der Waals surface area contributed by atoms with Crippen LogP contribution in [0.3, 0.4) is 0 Å². The number of amides is 2. The number of carbonyl (C=O) groups excluding carboxylic acids is 1. The predicted octanol–water partition coefficient (Wildman–Crippen LogP) is 0.0526. The van der Waals surface area contributed by atoms with Gasteiger partial charge in [-0.15, -0.1) is 0 Å². The number of nitrogens with one attached hydrogen (secondary N) is 1. The molecule has 0 radical (unpaired) electrons. The SMILES string of the molecule is CC1CCN(C(=O)NCCN(C)C)C1C(=O)O. The number of rotatable bonds is 4. The van der Waals surface area contributed by atoms with Crippen molar-refractivity contribution >= 4 is 12.0 Å². The number of likely N-dealkylation sites (N-methyl/N-ethyl adjacent to an activating group) is 1. The van der Waals surface area contributed by atoms with Crippen LogP contribution in [-0.2, 0) is 4.79 Å². The van der Waals surface area contributed by atoms with Gasteiger partial charge in [0.25, 0.3) is 0 Å². The summed E-state index contributed by atoms with van der Waals surface area (Å²) in [5.74, 6) is -0.898. The Morgan fingerprint density at radius 3 is 2.65 bits per heavy atom. The number of nitrogens with zero attached hydrogens (tertiary/aromatic N) is 2. The first-order chi connectivity index (χ1) is 7.93. The van der Waals surface area contributed by atoms with Gasteiger partial charge >= 0.3 is 12.0 Å². The zero-order chi connectivity index (χ0) is 13.0. The molecule has 2 N–H and O–H groups in total. The van der Waals surface area contributed by atoms with Gasteiger partial charge in [0, 0.05) is 19.6 Å². The summed E-state index contributed by atoms with van der Waals surface area (Å²) in [4.78, 5) is 26.3. The van der Waals surface area contributed by atoms with E-state index in [1.807, 2.05) is 25.9 Å². The number of carbonyl (C=O) groups is 2. The Hall–Kier alpha value is -1.30. The molecule has 0 aliphatic carbocycles. The fraction of sp³-hybridized carbons (Fsp3) is 0.818. The quantitative estimate of drug-likeness (QED) is 0.732. The summed E-state index contributed by atoms with van der Waals surface area (Å²) in [7, 11) is 3.84. The summed E-state index contributed by atoms with van der Waals surface area (Å²) in [6.45, 7) is 3.66. The highest BCUT2D eigenvalue weighted by atomic mass is 16.4. The summed E-state index contributed by atoms with van der Waals surface area (Å²) >= 11 is 0. The summed E-state index contributed by atoms with van der Waals surface area (Å²) < 4.78 is 0. The molecule has 2 atom stereocenters. The number of hydrogen-bond donors (Lipinski definition) is 2. The highest BCUT2D eigenvalue weighted by molar-refractivity contribution is 5.83. The van der Waals surface area contributed by atoms with Gasteiger partial charge in [0.15, 0.2) is 0 Å². The minimum Gasteiger partial charge on any atom is -0.480 e. The molecule has 0 bridgehead atoms. The molecule has 1 aliphatic rings. The maximum absolute atomic E-state index is 11.8. The first kappa shape index (κ1) is 13.8. The molecule has 1 heterocycles. The summed E-state index contributed by atoms with van der Waals surface area (Å²) in [6, 6.07) is -0.960. The van der Waals surface area contributed by atoms with Gasteiger partial charge in [-0.2, -0.15) is 0 Å². The standard InChI is InChI=1S/C11H21N3O3/c1-8-4-6-14(9(8)10(15)16)11(17)12-5-7-13(2)3/h8-9H,4-7H2,1-3H3,(H,12,17)(H,15,16). The van der Waals surface area contributed by atoms with Crippen LogP contribution in [0.4, 0.5) is 4.79 Å². The summed E-state index contributed by atoms with van der Waals surface area (Å²) in [5, 5.41) is 11.8. The normalized spacial score (nSPS) is 24.1. The molecule has 0 aromatic carbocycles. The molecule has 1 aliphatic heterocycles. The Kier molecular flexibility index (Phi) is 4.74. The van der Waals surface area contributed by atoms with E-state index in [1.165, 1.54) is 4.90 Å². The smallest absolute Gasteiger partial charge is 0.326 e. The first-order valence-corrected chi connectivity index (χ1v) is 5.85. The largest absolute Gasteiger partial charge is 0.480 e. The second kappa shape index (κ2) is 5.86. The van der Waals surface area contributed by atoms with Crippen molar-refractivity contribution in [3.05, 3.63) is 0 Å². The van der Waals surface area contributed by atoms with Gasteiger partial charge in [0.2, 0.25) is 0 Å². The molecule has 98 valence electrons. The molecule has 1 rings (SSSR count). The van der Waals surface area contributed by atoms with Crippen LogP contribution in [-0.4, -0.2) is 66.7 Å². The van der Waals surface area contributed by atoms with Crippen LogP contribution in [0.15, 0.2) is 0 Å².